The molecule has 3 aromatic rings. The Morgan fingerprint density at radius 2 is 1.57 bits per heavy atom. The van der Waals surface area contributed by atoms with E-state index in [-0.39, 0.29) is 24.9 Å². The zero-order valence-electron chi connectivity index (χ0n) is 24.0. The maximum Gasteiger partial charge on any atom is 0.244 e. The van der Waals surface area contributed by atoms with Gasteiger partial charge < -0.3 is 15.0 Å². The molecule has 0 unspecified atom stereocenters. The zero-order chi connectivity index (χ0) is 29.4. The summed E-state index contributed by atoms with van der Waals surface area (Å²) in [6, 6.07) is 21.0. The lowest BCUT2D eigenvalue weighted by molar-refractivity contribution is -0.140. The fourth-order valence-corrected chi connectivity index (χ4v) is 5.24. The molecular weight excluding hydrogens is 526 g/mol. The van der Waals surface area contributed by atoms with E-state index in [9.17, 15) is 18.0 Å². The molecule has 0 radical (unpaired) electrons. The number of methoxy groups -OCH3 is 1. The van der Waals surface area contributed by atoms with Gasteiger partial charge in [0.15, 0.2) is 0 Å². The van der Waals surface area contributed by atoms with Crippen LogP contribution in [-0.2, 0) is 32.6 Å². The Labute approximate surface area is 238 Å². The van der Waals surface area contributed by atoms with Crippen LogP contribution in [0.2, 0.25) is 0 Å². The lowest BCUT2D eigenvalue weighted by atomic mass is 10.0. The van der Waals surface area contributed by atoms with Crippen LogP contribution in [0.5, 0.6) is 5.75 Å². The van der Waals surface area contributed by atoms with Crippen LogP contribution >= 0.6 is 0 Å². The second-order valence-corrected chi connectivity index (χ2v) is 12.2. The van der Waals surface area contributed by atoms with Crippen LogP contribution in [0.25, 0.3) is 0 Å². The van der Waals surface area contributed by atoms with E-state index in [0.717, 1.165) is 32.8 Å². The van der Waals surface area contributed by atoms with Gasteiger partial charge >= 0.3 is 0 Å². The summed E-state index contributed by atoms with van der Waals surface area (Å²) in [7, 11) is -2.26. The summed E-state index contributed by atoms with van der Waals surface area (Å²) in [6.45, 7) is 7.18. The number of benzene rings is 3. The van der Waals surface area contributed by atoms with Crippen molar-refractivity contribution in [2.45, 2.75) is 52.7 Å². The number of amides is 2. The van der Waals surface area contributed by atoms with Crippen LogP contribution in [-0.4, -0.2) is 57.1 Å². The highest BCUT2D eigenvalue weighted by atomic mass is 32.2. The van der Waals surface area contributed by atoms with Gasteiger partial charge in [0, 0.05) is 19.0 Å². The first-order valence-corrected chi connectivity index (χ1v) is 15.1. The van der Waals surface area contributed by atoms with E-state index in [1.807, 2.05) is 76.2 Å². The van der Waals surface area contributed by atoms with Crippen molar-refractivity contribution in [2.75, 3.05) is 24.2 Å². The Balaban J connectivity index is 2.08. The lowest BCUT2D eigenvalue weighted by Gasteiger charge is -2.34. The summed E-state index contributed by atoms with van der Waals surface area (Å²) in [5, 5.41) is 2.95. The molecule has 0 aliphatic carbocycles. The van der Waals surface area contributed by atoms with Crippen LogP contribution in [0.15, 0.2) is 72.8 Å². The third-order valence-electron chi connectivity index (χ3n) is 6.65. The van der Waals surface area contributed by atoms with Crippen molar-refractivity contribution < 1.29 is 22.7 Å². The van der Waals surface area contributed by atoms with Crippen LogP contribution < -0.4 is 14.4 Å². The Morgan fingerprint density at radius 3 is 2.17 bits per heavy atom. The molecule has 0 spiro atoms. The van der Waals surface area contributed by atoms with Gasteiger partial charge in [-0.2, -0.15) is 0 Å². The van der Waals surface area contributed by atoms with Gasteiger partial charge in [-0.15, -0.1) is 0 Å². The minimum absolute atomic E-state index is 0.0869. The first kappa shape index (κ1) is 30.7. The first-order chi connectivity index (χ1) is 18.9. The Morgan fingerprint density at radius 1 is 0.900 bits per heavy atom. The van der Waals surface area contributed by atoms with E-state index >= 15 is 0 Å². The van der Waals surface area contributed by atoms with Crippen molar-refractivity contribution in [3.63, 3.8) is 0 Å². The monoisotopic (exact) mass is 565 g/mol. The highest BCUT2D eigenvalue weighted by Crippen LogP contribution is 2.23. The van der Waals surface area contributed by atoms with Crippen molar-refractivity contribution in [3.05, 3.63) is 95.1 Å². The normalized spacial score (nSPS) is 12.1. The Kier molecular flexibility index (Phi) is 10.3. The maximum atomic E-state index is 14.1. The average molecular weight is 566 g/mol. The summed E-state index contributed by atoms with van der Waals surface area (Å²) in [4.78, 5) is 29.2. The second-order valence-electron chi connectivity index (χ2n) is 10.3. The standard InChI is InChI=1S/C31H39N3O5S/c1-22(2)32-31(36)29(19-25-11-8-7-9-12-25)33(20-26-13-10-14-28(18-26)39-5)30(35)21-34(40(6,37)38)27-16-15-23(3)24(4)17-27/h7-18,22,29H,19-21H2,1-6H3,(H,32,36)/t29-/m0/s1. The number of carbonyl (C=O) groups is 2. The number of nitrogens with zero attached hydrogens (tertiary/aromatic N) is 2. The Hall–Kier alpha value is -3.85. The first-order valence-electron chi connectivity index (χ1n) is 13.2. The van der Waals surface area contributed by atoms with Crippen LogP contribution in [0.3, 0.4) is 0 Å². The predicted octanol–water partition coefficient (Wildman–Crippen LogP) is 4.24. The van der Waals surface area contributed by atoms with Gasteiger partial charge in [-0.05, 0) is 74.2 Å². The molecule has 0 bridgehead atoms. The molecular formula is C31H39N3O5S. The van der Waals surface area contributed by atoms with Gasteiger partial charge in [0.2, 0.25) is 21.8 Å². The number of hydrogen-bond donors (Lipinski definition) is 1. The van der Waals surface area contributed by atoms with E-state index in [1.54, 1.807) is 31.4 Å². The summed E-state index contributed by atoms with van der Waals surface area (Å²) in [5.41, 5.74) is 3.94. The zero-order valence-corrected chi connectivity index (χ0v) is 24.9. The number of carbonyl (C=O) groups excluding carboxylic acids is 2. The predicted molar refractivity (Wildman–Crippen MR) is 159 cm³/mol. The van der Waals surface area contributed by atoms with Crippen LogP contribution in [0.1, 0.15) is 36.1 Å². The molecule has 40 heavy (non-hydrogen) atoms. The van der Waals surface area contributed by atoms with Crippen molar-refractivity contribution >= 4 is 27.5 Å². The van der Waals surface area contributed by atoms with Gasteiger partial charge in [-0.3, -0.25) is 13.9 Å². The van der Waals surface area contributed by atoms with Gasteiger partial charge in [-0.25, -0.2) is 8.42 Å². The van der Waals surface area contributed by atoms with Gasteiger partial charge in [-0.1, -0.05) is 48.5 Å². The van der Waals surface area contributed by atoms with E-state index in [2.05, 4.69) is 5.32 Å². The fourth-order valence-electron chi connectivity index (χ4n) is 4.40. The molecule has 2 amide bonds. The minimum Gasteiger partial charge on any atom is -0.497 e. The van der Waals surface area contributed by atoms with Gasteiger partial charge in [0.25, 0.3) is 0 Å². The quantitative estimate of drug-likeness (QED) is 0.354. The van der Waals surface area contributed by atoms with Crippen molar-refractivity contribution in [2.24, 2.45) is 0 Å². The summed E-state index contributed by atoms with van der Waals surface area (Å²) in [5.74, 6) is -0.192. The molecule has 0 aromatic heterocycles. The molecule has 0 saturated heterocycles. The largest absolute Gasteiger partial charge is 0.497 e. The molecule has 0 aliphatic heterocycles. The third-order valence-corrected chi connectivity index (χ3v) is 7.79. The SMILES string of the molecule is COc1cccc(CN(C(=O)CN(c2ccc(C)c(C)c2)S(C)(=O)=O)[C@@H](Cc2ccccc2)C(=O)NC(C)C)c1. The van der Waals surface area contributed by atoms with Crippen LogP contribution in [0, 0.1) is 13.8 Å². The smallest absolute Gasteiger partial charge is 0.244 e. The molecule has 0 aliphatic rings. The highest BCUT2D eigenvalue weighted by Gasteiger charge is 2.33. The van der Waals surface area contributed by atoms with Gasteiger partial charge in [0.05, 0.1) is 19.1 Å². The number of ether oxygens (including phenoxy) is 1. The molecule has 214 valence electrons. The molecule has 0 fully saturated rings. The van der Waals surface area contributed by atoms with Gasteiger partial charge in [0.1, 0.15) is 18.3 Å². The molecule has 0 saturated carbocycles. The fraction of sp³-hybridized carbons (Fsp3) is 0.355. The maximum absolute atomic E-state index is 14.1. The Bertz CT molecular complexity index is 1420. The van der Waals surface area contributed by atoms with E-state index in [4.69, 9.17) is 4.74 Å². The van der Waals surface area contributed by atoms with Crippen molar-refractivity contribution in [1.82, 2.24) is 10.2 Å². The highest BCUT2D eigenvalue weighted by molar-refractivity contribution is 7.92. The minimum atomic E-state index is -3.82. The van der Waals surface area contributed by atoms with E-state index < -0.39 is 28.5 Å². The number of nitrogens with one attached hydrogen (secondary N) is 1. The summed E-state index contributed by atoms with van der Waals surface area (Å²) in [6.07, 6.45) is 1.34. The average Bonchev–Trinajstić information content (AvgIpc) is 2.90. The number of anilines is 1. The second kappa shape index (κ2) is 13.5. The summed E-state index contributed by atoms with van der Waals surface area (Å²) < 4.78 is 32.3. The molecule has 8 nitrogen and oxygen atoms in total. The number of sulfonamides is 1. The number of hydrogen-bond acceptors (Lipinski definition) is 5. The third kappa shape index (κ3) is 8.32. The molecule has 3 rings (SSSR count). The topological polar surface area (TPSA) is 96.0 Å². The number of rotatable bonds is 12. The van der Waals surface area contributed by atoms with Crippen molar-refractivity contribution in [1.29, 1.82) is 0 Å². The number of aryl methyl sites for hydroxylation is 2. The lowest BCUT2D eigenvalue weighted by Crippen LogP contribution is -2.54. The molecule has 0 heterocycles. The molecule has 3 aromatic carbocycles. The van der Waals surface area contributed by atoms with Crippen LogP contribution in [0.4, 0.5) is 5.69 Å². The molecule has 1 N–H and O–H groups in total. The molecule has 9 heteroatoms. The van der Waals surface area contributed by atoms with E-state index in [1.165, 1.54) is 4.90 Å². The summed E-state index contributed by atoms with van der Waals surface area (Å²) >= 11 is 0. The van der Waals surface area contributed by atoms with Crippen molar-refractivity contribution in [3.8, 4) is 5.75 Å². The molecule has 1 atom stereocenters. The van der Waals surface area contributed by atoms with E-state index in [0.29, 0.717) is 11.4 Å².